The first-order chi connectivity index (χ1) is 5.78. The number of carboxylic acids is 3. The molecule has 0 aromatic carbocycles. The van der Waals surface area contributed by atoms with Crippen molar-refractivity contribution in [2.45, 2.75) is 18.4 Å². The predicted octanol–water partition coefficient (Wildman–Crippen LogP) is -2.26. The second-order valence-electron chi connectivity index (χ2n) is 2.46. The molecule has 0 aromatic rings. The Morgan fingerprint density at radius 3 is 1.38 bits per heavy atom. The van der Waals surface area contributed by atoms with Crippen molar-refractivity contribution in [3.8, 4) is 0 Å². The third-order valence-corrected chi connectivity index (χ3v) is 1.27. The molecule has 16 heavy (non-hydrogen) atoms. The van der Waals surface area contributed by atoms with E-state index in [9.17, 15) is 19.5 Å². The molecule has 0 unspecified atom stereocenters. The van der Waals surface area contributed by atoms with Gasteiger partial charge in [0.1, 0.15) is 5.60 Å². The number of aliphatic hydroxyl groups is 1. The average Bonchev–Trinajstić information content (AvgIpc) is 1.82. The van der Waals surface area contributed by atoms with Crippen LogP contribution in [-0.2, 0) is 33.9 Å². The Balaban J connectivity index is -0.000000240. The number of hydrogen-bond acceptors (Lipinski definition) is 7. The van der Waals surface area contributed by atoms with Crippen LogP contribution in [0.25, 0.3) is 0 Å². The summed E-state index contributed by atoms with van der Waals surface area (Å²) in [7, 11) is 0. The van der Waals surface area contributed by atoms with Crippen LogP contribution < -0.4 is 17.4 Å². The maximum atomic E-state index is 10.2. The first kappa shape index (κ1) is 24.2. The van der Waals surface area contributed by atoms with Gasteiger partial charge in [0.2, 0.25) is 0 Å². The molecule has 9 N–H and O–H groups in total. The molecule has 0 aliphatic rings. The number of rotatable bonds is 5. The summed E-state index contributed by atoms with van der Waals surface area (Å²) in [5, 5.41) is 35.5. The molecular formula is C6H13N2O7Zn. The van der Waals surface area contributed by atoms with Gasteiger partial charge < -0.3 is 37.5 Å². The van der Waals surface area contributed by atoms with Crippen molar-refractivity contribution in [2.75, 3.05) is 0 Å². The zero-order valence-electron chi connectivity index (χ0n) is 8.51. The normalized spacial score (nSPS) is 8.81. The molecule has 0 aliphatic heterocycles. The Kier molecular flexibility index (Phi) is 13.9. The van der Waals surface area contributed by atoms with E-state index >= 15 is 0 Å². The summed E-state index contributed by atoms with van der Waals surface area (Å²) in [6.45, 7) is 0. The second-order valence-corrected chi connectivity index (χ2v) is 2.46. The minimum atomic E-state index is -2.85. The van der Waals surface area contributed by atoms with Gasteiger partial charge in [-0.2, -0.15) is 0 Å². The van der Waals surface area contributed by atoms with E-state index in [4.69, 9.17) is 15.3 Å². The Labute approximate surface area is 103 Å². The smallest absolute Gasteiger partial charge is 0.547 e. The summed E-state index contributed by atoms with van der Waals surface area (Å²) in [6, 6.07) is 0. The molecule has 9 nitrogen and oxygen atoms in total. The van der Waals surface area contributed by atoms with Crippen molar-refractivity contribution in [1.82, 2.24) is 12.3 Å². The van der Waals surface area contributed by atoms with E-state index in [0.717, 1.165) is 0 Å². The largest absolute Gasteiger partial charge is 1.00 e. The first-order valence-corrected chi connectivity index (χ1v) is 3.15. The summed E-state index contributed by atoms with van der Waals surface area (Å²) in [6.07, 6.45) is -2.41. The van der Waals surface area contributed by atoms with Crippen molar-refractivity contribution in [3.63, 3.8) is 0 Å². The Morgan fingerprint density at radius 2 is 1.25 bits per heavy atom. The first-order valence-electron chi connectivity index (χ1n) is 3.15. The van der Waals surface area contributed by atoms with E-state index in [1.165, 1.54) is 0 Å². The molecule has 0 bridgehead atoms. The monoisotopic (exact) mass is 289 g/mol. The van der Waals surface area contributed by atoms with Crippen LogP contribution in [0.5, 0.6) is 0 Å². The van der Waals surface area contributed by atoms with Crippen molar-refractivity contribution >= 4 is 17.9 Å². The molecular weight excluding hydrogens is 277 g/mol. The summed E-state index contributed by atoms with van der Waals surface area (Å²) < 4.78 is 0. The predicted molar refractivity (Wildman–Crippen MR) is 44.5 cm³/mol. The Bertz CT molecular complexity index is 241. The van der Waals surface area contributed by atoms with Gasteiger partial charge in [0, 0.05) is 0 Å². The van der Waals surface area contributed by atoms with E-state index in [2.05, 4.69) is 0 Å². The number of carbonyl (C=O) groups is 3. The van der Waals surface area contributed by atoms with Crippen molar-refractivity contribution < 1.29 is 54.3 Å². The quantitative estimate of drug-likeness (QED) is 0.346. The van der Waals surface area contributed by atoms with Gasteiger partial charge in [-0.1, -0.05) is 0 Å². The van der Waals surface area contributed by atoms with Crippen LogP contribution in [0.2, 0.25) is 0 Å². The summed E-state index contributed by atoms with van der Waals surface area (Å²) in [4.78, 5) is 30.3. The van der Waals surface area contributed by atoms with Gasteiger partial charge in [-0.05, 0) is 0 Å². The van der Waals surface area contributed by atoms with Gasteiger partial charge >= 0.3 is 31.4 Å². The molecule has 0 heterocycles. The van der Waals surface area contributed by atoms with E-state index in [-0.39, 0.29) is 31.8 Å². The van der Waals surface area contributed by atoms with E-state index < -0.39 is 36.4 Å². The molecule has 10 heteroatoms. The van der Waals surface area contributed by atoms with Crippen LogP contribution >= 0.6 is 0 Å². The van der Waals surface area contributed by atoms with Gasteiger partial charge in [0.05, 0.1) is 18.8 Å². The topological polar surface area (TPSA) is 205 Å². The summed E-state index contributed by atoms with van der Waals surface area (Å²) in [5.41, 5.74) is -2.85. The van der Waals surface area contributed by atoms with Gasteiger partial charge in [0.15, 0.2) is 0 Å². The average molecular weight is 291 g/mol. The van der Waals surface area contributed by atoms with Crippen LogP contribution in [-0.4, -0.2) is 38.8 Å². The van der Waals surface area contributed by atoms with E-state index in [0.29, 0.717) is 0 Å². The van der Waals surface area contributed by atoms with Crippen LogP contribution in [0.1, 0.15) is 12.8 Å². The molecule has 0 saturated heterocycles. The zero-order chi connectivity index (χ0) is 10.6. The number of hydrogen-bond donors (Lipinski definition) is 5. The maximum absolute atomic E-state index is 10.2. The Morgan fingerprint density at radius 1 is 1.00 bits per heavy atom. The van der Waals surface area contributed by atoms with Crippen LogP contribution in [0.4, 0.5) is 0 Å². The van der Waals surface area contributed by atoms with Gasteiger partial charge in [-0.15, -0.1) is 0 Å². The van der Waals surface area contributed by atoms with Crippen molar-refractivity contribution in [2.24, 2.45) is 0 Å². The third kappa shape index (κ3) is 8.24. The Hall–Kier alpha value is -1.09. The van der Waals surface area contributed by atoms with Crippen molar-refractivity contribution in [1.29, 1.82) is 0 Å². The van der Waals surface area contributed by atoms with Crippen molar-refractivity contribution in [3.05, 3.63) is 0 Å². The second kappa shape index (κ2) is 9.16. The minimum absolute atomic E-state index is 0. The van der Waals surface area contributed by atoms with Crippen LogP contribution in [0, 0.1) is 0 Å². The molecule has 0 fully saturated rings. The van der Waals surface area contributed by atoms with Crippen LogP contribution in [0.15, 0.2) is 0 Å². The number of carbonyl (C=O) groups excluding carboxylic acids is 1. The van der Waals surface area contributed by atoms with E-state index in [1.54, 1.807) is 0 Å². The fourth-order valence-corrected chi connectivity index (χ4v) is 0.707. The molecule has 0 aromatic heterocycles. The molecule has 0 spiro atoms. The molecule has 1 radical (unpaired) electrons. The van der Waals surface area contributed by atoms with Gasteiger partial charge in [0.25, 0.3) is 0 Å². The van der Waals surface area contributed by atoms with Gasteiger partial charge in [-0.25, -0.2) is 0 Å². The van der Waals surface area contributed by atoms with Gasteiger partial charge in [-0.3, -0.25) is 9.59 Å². The maximum Gasteiger partial charge on any atom is 1.00 e. The van der Waals surface area contributed by atoms with E-state index in [1.807, 2.05) is 0 Å². The summed E-state index contributed by atoms with van der Waals surface area (Å²) >= 11 is 0. The standard InChI is InChI=1S/C6H8O7.2H3N.Zn/c7-3(8)1-6(13,5(11)12)2-4(9)10;;;/h13H,1-2H2,(H,7,8)(H,9,10)(H,11,12);2*1H3;/q;;;+1/p-1. The molecule has 0 atom stereocenters. The molecule has 0 rings (SSSR count). The number of aliphatic carboxylic acids is 3. The molecule has 0 aliphatic carbocycles. The number of carboxylic acid groups (broad SMARTS) is 3. The fraction of sp³-hybridized carbons (Fsp3) is 0.500. The SMILES string of the molecule is N.N.O=C(O)CC(O)(CC(=O)O)C(=O)[O-].[Zn+]. The minimum Gasteiger partial charge on any atom is -0.547 e. The summed E-state index contributed by atoms with van der Waals surface area (Å²) in [5.74, 6) is -5.35. The molecule has 0 saturated carbocycles. The zero-order valence-corrected chi connectivity index (χ0v) is 11.5. The fourth-order valence-electron chi connectivity index (χ4n) is 0.707. The molecule has 0 amide bonds. The third-order valence-electron chi connectivity index (χ3n) is 1.27. The van der Waals surface area contributed by atoms with Crippen LogP contribution in [0.3, 0.4) is 0 Å². The molecule has 91 valence electrons.